The van der Waals surface area contributed by atoms with Gasteiger partial charge in [0.2, 0.25) is 0 Å². The molecule has 2 saturated carbocycles. The standard InChI is InChI=1S/C30H35N3O6S/c1-17-26-23-15-20(39-4)11-13-21(23)27-25(18-8-6-5-7-9-18)22-12-10-19(28(34)31-40(37,38)32(2)3)14-24(22)33(27)16-30(17,26)29(35)36/h10-15,17-18,26H,5-9,16H2,1-4H3,(H,31,34)(H,35,36)/t17-,26-,30+/m0/s1. The number of methoxy groups -OCH3 is 1. The van der Waals surface area contributed by atoms with Gasteiger partial charge in [0.15, 0.2) is 0 Å². The van der Waals surface area contributed by atoms with Crippen molar-refractivity contribution in [1.29, 1.82) is 0 Å². The lowest BCUT2D eigenvalue weighted by molar-refractivity contribution is -0.144. The minimum atomic E-state index is -3.97. The predicted molar refractivity (Wildman–Crippen MR) is 152 cm³/mol. The minimum absolute atomic E-state index is 0.0868. The summed E-state index contributed by atoms with van der Waals surface area (Å²) in [5.74, 6) is -0.809. The van der Waals surface area contributed by atoms with Crippen LogP contribution in [0.2, 0.25) is 0 Å². The van der Waals surface area contributed by atoms with E-state index in [0.717, 1.165) is 57.7 Å². The van der Waals surface area contributed by atoms with E-state index >= 15 is 0 Å². The first-order valence-electron chi connectivity index (χ1n) is 13.8. The maximum Gasteiger partial charge on any atom is 0.312 e. The van der Waals surface area contributed by atoms with E-state index in [2.05, 4.69) is 9.29 Å². The Morgan fingerprint density at radius 3 is 2.48 bits per heavy atom. The van der Waals surface area contributed by atoms with Crippen LogP contribution in [0.5, 0.6) is 5.75 Å². The number of carbonyl (C=O) groups excluding carboxylic acids is 1. The molecule has 2 N–H and O–H groups in total. The minimum Gasteiger partial charge on any atom is -0.497 e. The summed E-state index contributed by atoms with van der Waals surface area (Å²) in [5.41, 5.74) is 4.18. The van der Waals surface area contributed by atoms with Gasteiger partial charge in [-0.3, -0.25) is 9.59 Å². The van der Waals surface area contributed by atoms with Crippen LogP contribution in [0.15, 0.2) is 36.4 Å². The van der Waals surface area contributed by atoms with Crippen molar-refractivity contribution in [3.05, 3.63) is 53.1 Å². The number of hydrogen-bond donors (Lipinski definition) is 2. The molecular formula is C30H35N3O6S. The molecule has 212 valence electrons. The molecule has 0 bridgehead atoms. The Morgan fingerprint density at radius 1 is 1.10 bits per heavy atom. The maximum absolute atomic E-state index is 13.1. The van der Waals surface area contributed by atoms with Crippen molar-refractivity contribution < 1.29 is 27.9 Å². The number of amides is 1. The van der Waals surface area contributed by atoms with E-state index in [0.29, 0.717) is 11.7 Å². The largest absolute Gasteiger partial charge is 0.497 e. The van der Waals surface area contributed by atoms with Crippen LogP contribution in [0.1, 0.15) is 72.3 Å². The van der Waals surface area contributed by atoms with E-state index in [1.165, 1.54) is 26.1 Å². The Hall–Kier alpha value is -3.37. The van der Waals surface area contributed by atoms with Crippen LogP contribution in [0.3, 0.4) is 0 Å². The highest BCUT2D eigenvalue weighted by atomic mass is 32.2. The molecule has 0 saturated heterocycles. The number of carboxylic acids is 1. The lowest BCUT2D eigenvalue weighted by Crippen LogP contribution is -2.39. The smallest absolute Gasteiger partial charge is 0.312 e. The summed E-state index contributed by atoms with van der Waals surface area (Å²) in [4.78, 5) is 26.0. The Labute approximate surface area is 234 Å². The fourth-order valence-electron chi connectivity index (χ4n) is 7.26. The molecule has 3 atom stereocenters. The van der Waals surface area contributed by atoms with Gasteiger partial charge in [-0.25, -0.2) is 4.72 Å². The number of carboxylic acid groups (broad SMARTS) is 1. The average molecular weight is 566 g/mol. The number of fused-ring (bicyclic) bond motifs is 7. The SMILES string of the molecule is COc1ccc2c(c1)[C@@H]1[C@H](C)[C@]1(C(=O)O)Cn1c-2c(C2CCCCC2)c2ccc(C(=O)NS(=O)(=O)N(C)C)cc21. The first-order chi connectivity index (χ1) is 19.0. The summed E-state index contributed by atoms with van der Waals surface area (Å²) in [5, 5.41) is 11.6. The molecule has 2 aliphatic carbocycles. The van der Waals surface area contributed by atoms with E-state index in [4.69, 9.17) is 4.74 Å². The first-order valence-corrected chi connectivity index (χ1v) is 15.3. The number of nitrogens with zero attached hydrogens (tertiary/aromatic N) is 2. The van der Waals surface area contributed by atoms with Crippen LogP contribution in [0.4, 0.5) is 0 Å². The third-order valence-corrected chi connectivity index (χ3v) is 10.9. The van der Waals surface area contributed by atoms with Crippen LogP contribution in [0, 0.1) is 11.3 Å². The van der Waals surface area contributed by atoms with Gasteiger partial charge in [0.05, 0.1) is 18.2 Å². The van der Waals surface area contributed by atoms with Crippen molar-refractivity contribution in [2.24, 2.45) is 11.3 Å². The number of carbonyl (C=O) groups is 2. The molecule has 1 aromatic heterocycles. The molecule has 1 amide bonds. The van der Waals surface area contributed by atoms with E-state index in [-0.39, 0.29) is 23.9 Å². The summed E-state index contributed by atoms with van der Waals surface area (Å²) in [7, 11) is 0.353. The highest BCUT2D eigenvalue weighted by Gasteiger charge is 2.69. The quantitative estimate of drug-likeness (QED) is 0.447. The van der Waals surface area contributed by atoms with Gasteiger partial charge in [0.25, 0.3) is 5.91 Å². The van der Waals surface area contributed by atoms with Crippen LogP contribution < -0.4 is 9.46 Å². The van der Waals surface area contributed by atoms with Crippen LogP contribution in [-0.4, -0.2) is 55.5 Å². The third kappa shape index (κ3) is 3.87. The van der Waals surface area contributed by atoms with E-state index < -0.39 is 27.5 Å². The second-order valence-corrected chi connectivity index (χ2v) is 13.6. The first kappa shape index (κ1) is 26.8. The molecule has 3 aliphatic rings. The molecule has 1 aliphatic heterocycles. The van der Waals surface area contributed by atoms with Gasteiger partial charge in [-0.1, -0.05) is 32.3 Å². The van der Waals surface area contributed by atoms with Gasteiger partial charge in [-0.15, -0.1) is 0 Å². The molecule has 0 unspecified atom stereocenters. The summed E-state index contributed by atoms with van der Waals surface area (Å²) >= 11 is 0. The molecule has 0 radical (unpaired) electrons. The highest BCUT2D eigenvalue weighted by Crippen LogP contribution is 2.69. The lowest BCUT2D eigenvalue weighted by atomic mass is 9.81. The van der Waals surface area contributed by atoms with Crippen molar-refractivity contribution in [3.8, 4) is 17.0 Å². The number of hydrogen-bond acceptors (Lipinski definition) is 5. The molecule has 40 heavy (non-hydrogen) atoms. The zero-order chi connectivity index (χ0) is 28.6. The fraction of sp³-hybridized carbons (Fsp3) is 0.467. The van der Waals surface area contributed by atoms with Gasteiger partial charge in [-0.2, -0.15) is 12.7 Å². The van der Waals surface area contributed by atoms with Crippen molar-refractivity contribution in [1.82, 2.24) is 13.6 Å². The zero-order valence-electron chi connectivity index (χ0n) is 23.2. The van der Waals surface area contributed by atoms with E-state index in [1.54, 1.807) is 19.2 Å². The number of rotatable bonds is 6. The van der Waals surface area contributed by atoms with Crippen molar-refractivity contribution in [3.63, 3.8) is 0 Å². The number of aliphatic carboxylic acids is 1. The summed E-state index contributed by atoms with van der Waals surface area (Å²) in [6, 6.07) is 11.3. The maximum atomic E-state index is 13.1. The Bertz CT molecular complexity index is 1650. The molecule has 2 fully saturated rings. The lowest BCUT2D eigenvalue weighted by Gasteiger charge is -2.24. The average Bonchev–Trinajstić information content (AvgIpc) is 3.45. The molecule has 3 aromatic rings. The molecule has 2 aromatic carbocycles. The van der Waals surface area contributed by atoms with Gasteiger partial charge in [0.1, 0.15) is 5.75 Å². The van der Waals surface area contributed by atoms with Crippen LogP contribution in [-0.2, 0) is 21.5 Å². The van der Waals surface area contributed by atoms with E-state index in [1.807, 2.05) is 31.2 Å². The topological polar surface area (TPSA) is 118 Å². The zero-order valence-corrected chi connectivity index (χ0v) is 24.0. The van der Waals surface area contributed by atoms with Crippen molar-refractivity contribution in [2.75, 3.05) is 21.2 Å². The second kappa shape index (κ2) is 9.34. The van der Waals surface area contributed by atoms with Gasteiger partial charge in [-0.05, 0) is 66.1 Å². The normalized spacial score (nSPS) is 24.1. The monoisotopic (exact) mass is 565 g/mol. The van der Waals surface area contributed by atoms with Crippen LogP contribution >= 0.6 is 0 Å². The molecule has 2 heterocycles. The Balaban J connectivity index is 1.62. The molecule has 10 heteroatoms. The Morgan fingerprint density at radius 2 is 1.82 bits per heavy atom. The fourth-order valence-corrected chi connectivity index (χ4v) is 7.80. The summed E-state index contributed by atoms with van der Waals surface area (Å²) < 4.78 is 35.5. The third-order valence-electron chi connectivity index (χ3n) is 9.51. The van der Waals surface area contributed by atoms with Crippen LogP contribution in [0.25, 0.3) is 22.2 Å². The number of nitrogens with one attached hydrogen (secondary N) is 1. The second-order valence-electron chi connectivity index (χ2n) is 11.7. The molecular weight excluding hydrogens is 530 g/mol. The molecule has 6 rings (SSSR count). The van der Waals surface area contributed by atoms with E-state index in [9.17, 15) is 23.1 Å². The van der Waals surface area contributed by atoms with Gasteiger partial charge >= 0.3 is 16.2 Å². The predicted octanol–water partition coefficient (Wildman–Crippen LogP) is 4.72. The Kier molecular flexibility index (Phi) is 6.27. The van der Waals surface area contributed by atoms with Gasteiger partial charge in [0, 0.05) is 48.6 Å². The molecule has 0 spiro atoms. The summed E-state index contributed by atoms with van der Waals surface area (Å²) in [6.45, 7) is 2.26. The molecule has 9 nitrogen and oxygen atoms in total. The van der Waals surface area contributed by atoms with Crippen molar-refractivity contribution >= 4 is 33.0 Å². The highest BCUT2D eigenvalue weighted by molar-refractivity contribution is 7.87. The van der Waals surface area contributed by atoms with Gasteiger partial charge < -0.3 is 14.4 Å². The number of ether oxygens (including phenoxy) is 1. The summed E-state index contributed by atoms with van der Waals surface area (Å²) in [6.07, 6.45) is 5.56. The van der Waals surface area contributed by atoms with Crippen molar-refractivity contribution in [2.45, 2.75) is 57.4 Å². The number of benzene rings is 2. The number of aromatic nitrogens is 1.